The summed E-state index contributed by atoms with van der Waals surface area (Å²) in [7, 11) is 0. The monoisotopic (exact) mass is 311 g/mol. The van der Waals surface area contributed by atoms with E-state index in [4.69, 9.17) is 4.74 Å². The van der Waals surface area contributed by atoms with Crippen molar-refractivity contribution in [3.8, 4) is 0 Å². The molecule has 98 valence electrons. The number of halogens is 1. The van der Waals surface area contributed by atoms with E-state index in [1.807, 2.05) is 17.0 Å². The lowest BCUT2D eigenvalue weighted by molar-refractivity contribution is 0.0303. The lowest BCUT2D eigenvalue weighted by Crippen LogP contribution is -2.40. The zero-order valence-corrected chi connectivity index (χ0v) is 12.4. The first-order chi connectivity index (χ1) is 8.58. The summed E-state index contributed by atoms with van der Waals surface area (Å²) in [6, 6.07) is 5.96. The van der Waals surface area contributed by atoms with E-state index in [0.717, 1.165) is 10.0 Å². The van der Waals surface area contributed by atoms with Gasteiger partial charge in [0.25, 0.3) is 5.91 Å². The minimum Gasteiger partial charge on any atom is -0.378 e. The van der Waals surface area contributed by atoms with Gasteiger partial charge in [0.1, 0.15) is 0 Å². The topological polar surface area (TPSA) is 29.5 Å². The van der Waals surface area contributed by atoms with Gasteiger partial charge in [-0.1, -0.05) is 29.8 Å². The molecule has 2 rings (SSSR count). The number of hydrogen-bond donors (Lipinski definition) is 0. The van der Waals surface area contributed by atoms with E-state index in [2.05, 4.69) is 35.8 Å². The summed E-state index contributed by atoms with van der Waals surface area (Å²) in [4.78, 5) is 14.2. The highest BCUT2D eigenvalue weighted by Gasteiger charge is 2.19. The molecule has 0 radical (unpaired) electrons. The summed E-state index contributed by atoms with van der Waals surface area (Å²) in [5.74, 6) is 0.514. The Morgan fingerprint density at radius 3 is 2.56 bits per heavy atom. The molecular formula is C14H18BrNO2. The number of hydrogen-bond acceptors (Lipinski definition) is 2. The zero-order valence-electron chi connectivity index (χ0n) is 10.8. The lowest BCUT2D eigenvalue weighted by Gasteiger charge is -2.27. The molecule has 0 spiro atoms. The van der Waals surface area contributed by atoms with Gasteiger partial charge in [-0.3, -0.25) is 4.79 Å². The summed E-state index contributed by atoms with van der Waals surface area (Å²) >= 11 is 3.48. The predicted molar refractivity (Wildman–Crippen MR) is 75.0 cm³/mol. The van der Waals surface area contributed by atoms with Crippen molar-refractivity contribution in [3.05, 3.63) is 33.8 Å². The molecule has 18 heavy (non-hydrogen) atoms. The van der Waals surface area contributed by atoms with Crippen molar-refractivity contribution in [2.24, 2.45) is 0 Å². The van der Waals surface area contributed by atoms with Crippen LogP contribution in [-0.4, -0.2) is 37.1 Å². The Morgan fingerprint density at radius 2 is 1.94 bits per heavy atom. The molecule has 0 aliphatic carbocycles. The molecule has 1 saturated heterocycles. The molecular weight excluding hydrogens is 294 g/mol. The first-order valence-corrected chi connectivity index (χ1v) is 7.04. The quantitative estimate of drug-likeness (QED) is 0.840. The normalized spacial score (nSPS) is 16.1. The van der Waals surface area contributed by atoms with Crippen LogP contribution in [0.4, 0.5) is 0 Å². The van der Waals surface area contributed by atoms with Crippen LogP contribution < -0.4 is 0 Å². The Bertz CT molecular complexity index is 439. The highest BCUT2D eigenvalue weighted by atomic mass is 79.9. The fourth-order valence-electron chi connectivity index (χ4n) is 2.02. The van der Waals surface area contributed by atoms with Crippen molar-refractivity contribution in [3.63, 3.8) is 0 Å². The van der Waals surface area contributed by atoms with Crippen LogP contribution >= 0.6 is 15.9 Å². The zero-order chi connectivity index (χ0) is 13.1. The number of rotatable bonds is 2. The van der Waals surface area contributed by atoms with Gasteiger partial charge in [0.15, 0.2) is 0 Å². The summed E-state index contributed by atoms with van der Waals surface area (Å²) in [5.41, 5.74) is 1.94. The first kappa shape index (κ1) is 13.6. The van der Waals surface area contributed by atoms with Gasteiger partial charge in [-0.25, -0.2) is 0 Å². The molecule has 1 aromatic carbocycles. The number of morpholine rings is 1. The van der Waals surface area contributed by atoms with Gasteiger partial charge < -0.3 is 9.64 Å². The van der Waals surface area contributed by atoms with Gasteiger partial charge in [-0.05, 0) is 29.7 Å². The number of nitrogens with zero attached hydrogens (tertiary/aromatic N) is 1. The number of carbonyl (C=O) groups is 1. The van der Waals surface area contributed by atoms with Crippen LogP contribution in [0.2, 0.25) is 0 Å². The number of amides is 1. The summed E-state index contributed by atoms with van der Waals surface area (Å²) in [5, 5.41) is 0. The molecule has 0 atom stereocenters. The van der Waals surface area contributed by atoms with Gasteiger partial charge >= 0.3 is 0 Å². The van der Waals surface area contributed by atoms with E-state index in [0.29, 0.717) is 32.2 Å². The average Bonchev–Trinajstić information content (AvgIpc) is 2.38. The Morgan fingerprint density at radius 1 is 1.28 bits per heavy atom. The van der Waals surface area contributed by atoms with Crippen LogP contribution in [-0.2, 0) is 4.74 Å². The molecule has 1 fully saturated rings. The second-order valence-electron chi connectivity index (χ2n) is 4.83. The van der Waals surface area contributed by atoms with Crippen molar-refractivity contribution in [1.82, 2.24) is 4.90 Å². The largest absolute Gasteiger partial charge is 0.378 e. The van der Waals surface area contributed by atoms with E-state index in [9.17, 15) is 4.79 Å². The van der Waals surface area contributed by atoms with Gasteiger partial charge in [-0.15, -0.1) is 0 Å². The van der Waals surface area contributed by atoms with Crippen LogP contribution in [0.3, 0.4) is 0 Å². The summed E-state index contributed by atoms with van der Waals surface area (Å²) < 4.78 is 6.23. The predicted octanol–water partition coefficient (Wildman–Crippen LogP) is 3.04. The molecule has 3 nitrogen and oxygen atoms in total. The summed E-state index contributed by atoms with van der Waals surface area (Å²) in [6.45, 7) is 6.90. The molecule has 4 heteroatoms. The van der Waals surface area contributed by atoms with E-state index in [1.165, 1.54) is 5.56 Å². The van der Waals surface area contributed by atoms with Crippen LogP contribution in [0.1, 0.15) is 35.7 Å². The molecule has 0 aromatic heterocycles. The van der Waals surface area contributed by atoms with Crippen molar-refractivity contribution in [1.29, 1.82) is 0 Å². The lowest BCUT2D eigenvalue weighted by atomic mass is 10.0. The SMILES string of the molecule is CC(C)c1cc(Br)cc(C(=O)N2CCOCC2)c1. The second kappa shape index (κ2) is 5.85. The minimum atomic E-state index is 0.0986. The van der Waals surface area contributed by atoms with Crippen LogP contribution in [0.15, 0.2) is 22.7 Å². The molecule has 1 aliphatic heterocycles. The highest BCUT2D eigenvalue weighted by molar-refractivity contribution is 9.10. The maximum atomic E-state index is 12.4. The standard InChI is InChI=1S/C14H18BrNO2/c1-10(2)11-7-12(9-13(15)8-11)14(17)16-3-5-18-6-4-16/h7-10H,3-6H2,1-2H3. The van der Waals surface area contributed by atoms with E-state index in [-0.39, 0.29) is 5.91 Å². The molecule has 1 aromatic rings. The summed E-state index contributed by atoms with van der Waals surface area (Å²) in [6.07, 6.45) is 0. The maximum Gasteiger partial charge on any atom is 0.254 e. The van der Waals surface area contributed by atoms with Crippen LogP contribution in [0, 0.1) is 0 Å². The fourth-order valence-corrected chi connectivity index (χ4v) is 2.53. The number of benzene rings is 1. The molecule has 1 amide bonds. The third kappa shape index (κ3) is 3.12. The van der Waals surface area contributed by atoms with Crippen molar-refractivity contribution in [2.45, 2.75) is 19.8 Å². The Hall–Kier alpha value is -0.870. The average molecular weight is 312 g/mol. The van der Waals surface area contributed by atoms with Crippen molar-refractivity contribution < 1.29 is 9.53 Å². The van der Waals surface area contributed by atoms with Crippen molar-refractivity contribution in [2.75, 3.05) is 26.3 Å². The first-order valence-electron chi connectivity index (χ1n) is 6.25. The van der Waals surface area contributed by atoms with E-state index in [1.54, 1.807) is 0 Å². The van der Waals surface area contributed by atoms with Gasteiger partial charge in [0.2, 0.25) is 0 Å². The van der Waals surface area contributed by atoms with Gasteiger partial charge in [0.05, 0.1) is 13.2 Å². The third-order valence-electron chi connectivity index (χ3n) is 3.13. The number of ether oxygens (including phenoxy) is 1. The highest BCUT2D eigenvalue weighted by Crippen LogP contribution is 2.23. The Kier molecular flexibility index (Phi) is 4.40. The second-order valence-corrected chi connectivity index (χ2v) is 5.75. The Labute approximate surface area is 116 Å². The molecule has 0 N–H and O–H groups in total. The maximum absolute atomic E-state index is 12.4. The van der Waals surface area contributed by atoms with Crippen LogP contribution in [0.25, 0.3) is 0 Å². The van der Waals surface area contributed by atoms with E-state index < -0.39 is 0 Å². The molecule has 1 heterocycles. The van der Waals surface area contributed by atoms with Crippen molar-refractivity contribution >= 4 is 21.8 Å². The fraction of sp³-hybridized carbons (Fsp3) is 0.500. The minimum absolute atomic E-state index is 0.0986. The Balaban J connectivity index is 2.23. The van der Waals surface area contributed by atoms with Gasteiger partial charge in [-0.2, -0.15) is 0 Å². The molecule has 0 saturated carbocycles. The van der Waals surface area contributed by atoms with Crippen LogP contribution in [0.5, 0.6) is 0 Å². The smallest absolute Gasteiger partial charge is 0.254 e. The third-order valence-corrected chi connectivity index (χ3v) is 3.59. The van der Waals surface area contributed by atoms with Gasteiger partial charge in [0, 0.05) is 23.1 Å². The molecule has 1 aliphatic rings. The molecule has 0 bridgehead atoms. The number of carbonyl (C=O) groups excluding carboxylic acids is 1. The van der Waals surface area contributed by atoms with E-state index >= 15 is 0 Å². The molecule has 0 unspecified atom stereocenters.